The highest BCUT2D eigenvalue weighted by Gasteiger charge is 2.21. The fourth-order valence-corrected chi connectivity index (χ4v) is 2.01. The summed E-state index contributed by atoms with van der Waals surface area (Å²) in [5, 5.41) is 9.15. The van der Waals surface area contributed by atoms with Crippen LogP contribution >= 0.6 is 11.8 Å². The van der Waals surface area contributed by atoms with E-state index >= 15 is 0 Å². The smallest absolute Gasteiger partial charge is 0.235 e. The standard InChI is InChI=1S/C14H24N4O3S/c1-10-6-11(17-21-10)16-13(20)8-22-7-12(19)15-9-14(2,3)18(4)5/h6H,7-9H2,1-5H3,(H,15,19)(H,16,17,20). The molecule has 0 radical (unpaired) electrons. The second kappa shape index (κ2) is 8.19. The first-order valence-corrected chi connectivity index (χ1v) is 8.11. The number of carbonyl (C=O) groups is 2. The quantitative estimate of drug-likeness (QED) is 0.743. The average molecular weight is 328 g/mol. The van der Waals surface area contributed by atoms with Crippen LogP contribution in [0.25, 0.3) is 0 Å². The summed E-state index contributed by atoms with van der Waals surface area (Å²) in [6.07, 6.45) is 0. The van der Waals surface area contributed by atoms with Crippen molar-refractivity contribution in [3.8, 4) is 0 Å². The van der Waals surface area contributed by atoms with Crippen LogP contribution in [0, 0.1) is 6.92 Å². The van der Waals surface area contributed by atoms with E-state index in [1.54, 1.807) is 13.0 Å². The van der Waals surface area contributed by atoms with Crippen molar-refractivity contribution >= 4 is 29.4 Å². The van der Waals surface area contributed by atoms with Gasteiger partial charge in [-0.15, -0.1) is 11.8 Å². The fourth-order valence-electron chi connectivity index (χ4n) is 1.36. The van der Waals surface area contributed by atoms with Gasteiger partial charge < -0.3 is 20.1 Å². The number of nitrogens with one attached hydrogen (secondary N) is 2. The lowest BCUT2D eigenvalue weighted by Gasteiger charge is -2.32. The second-order valence-electron chi connectivity index (χ2n) is 5.85. The third-order valence-corrected chi connectivity index (χ3v) is 4.22. The molecule has 1 aromatic heterocycles. The molecule has 0 atom stereocenters. The number of rotatable bonds is 8. The molecule has 0 unspecified atom stereocenters. The molecular weight excluding hydrogens is 304 g/mol. The lowest BCUT2D eigenvalue weighted by molar-refractivity contribution is -0.119. The molecule has 0 fully saturated rings. The minimum absolute atomic E-state index is 0.0787. The van der Waals surface area contributed by atoms with E-state index in [9.17, 15) is 9.59 Å². The number of anilines is 1. The molecule has 0 saturated carbocycles. The Hall–Kier alpha value is -1.54. The van der Waals surface area contributed by atoms with Gasteiger partial charge in [-0.05, 0) is 34.9 Å². The van der Waals surface area contributed by atoms with Crippen LogP contribution in [-0.2, 0) is 9.59 Å². The molecule has 0 bridgehead atoms. The van der Waals surface area contributed by atoms with Crippen LogP contribution in [0.3, 0.4) is 0 Å². The van der Waals surface area contributed by atoms with Crippen LogP contribution in [0.4, 0.5) is 5.82 Å². The number of aromatic nitrogens is 1. The van der Waals surface area contributed by atoms with E-state index in [-0.39, 0.29) is 28.9 Å². The summed E-state index contributed by atoms with van der Waals surface area (Å²) in [6.45, 7) is 6.41. The molecule has 0 aliphatic rings. The van der Waals surface area contributed by atoms with E-state index in [4.69, 9.17) is 4.52 Å². The number of thioether (sulfide) groups is 1. The third kappa shape index (κ3) is 6.48. The predicted octanol–water partition coefficient (Wildman–Crippen LogP) is 1.11. The van der Waals surface area contributed by atoms with Crippen molar-refractivity contribution in [2.45, 2.75) is 26.3 Å². The normalized spacial score (nSPS) is 11.5. The van der Waals surface area contributed by atoms with Gasteiger partial charge in [-0.2, -0.15) is 0 Å². The summed E-state index contributed by atoms with van der Waals surface area (Å²) < 4.78 is 4.85. The zero-order chi connectivity index (χ0) is 16.8. The van der Waals surface area contributed by atoms with Crippen molar-refractivity contribution < 1.29 is 14.1 Å². The monoisotopic (exact) mass is 328 g/mol. The Balaban J connectivity index is 2.20. The number of amides is 2. The van der Waals surface area contributed by atoms with E-state index in [1.165, 1.54) is 11.8 Å². The molecule has 22 heavy (non-hydrogen) atoms. The zero-order valence-electron chi connectivity index (χ0n) is 13.7. The van der Waals surface area contributed by atoms with Gasteiger partial charge in [-0.25, -0.2) is 0 Å². The number of aryl methyl sites for hydroxylation is 1. The topological polar surface area (TPSA) is 87.5 Å². The van der Waals surface area contributed by atoms with E-state index in [1.807, 2.05) is 32.8 Å². The van der Waals surface area contributed by atoms with Crippen molar-refractivity contribution in [1.29, 1.82) is 0 Å². The first-order chi connectivity index (χ1) is 10.2. The molecule has 7 nitrogen and oxygen atoms in total. The van der Waals surface area contributed by atoms with Crippen LogP contribution in [0.2, 0.25) is 0 Å². The third-order valence-electron chi connectivity index (χ3n) is 3.29. The molecule has 0 saturated heterocycles. The van der Waals surface area contributed by atoms with Crippen molar-refractivity contribution in [3.63, 3.8) is 0 Å². The lowest BCUT2D eigenvalue weighted by Crippen LogP contribution is -2.48. The van der Waals surface area contributed by atoms with Gasteiger partial charge in [0.2, 0.25) is 11.8 Å². The molecule has 0 aliphatic heterocycles. The molecule has 2 amide bonds. The molecule has 1 aromatic rings. The van der Waals surface area contributed by atoms with Crippen molar-refractivity contribution in [1.82, 2.24) is 15.4 Å². The summed E-state index contributed by atoms with van der Waals surface area (Å²) >= 11 is 1.26. The maximum absolute atomic E-state index is 11.7. The largest absolute Gasteiger partial charge is 0.360 e. The Labute approximate surface area is 135 Å². The van der Waals surface area contributed by atoms with Gasteiger partial charge in [0.25, 0.3) is 0 Å². The molecule has 8 heteroatoms. The van der Waals surface area contributed by atoms with Crippen LogP contribution < -0.4 is 10.6 Å². The highest BCUT2D eigenvalue weighted by atomic mass is 32.2. The van der Waals surface area contributed by atoms with Gasteiger partial charge in [0.05, 0.1) is 11.5 Å². The molecule has 1 heterocycles. The Morgan fingerprint density at radius 1 is 1.32 bits per heavy atom. The zero-order valence-corrected chi connectivity index (χ0v) is 14.5. The lowest BCUT2D eigenvalue weighted by atomic mass is 10.0. The maximum atomic E-state index is 11.7. The maximum Gasteiger partial charge on any atom is 0.235 e. The van der Waals surface area contributed by atoms with Gasteiger partial charge in [0, 0.05) is 18.2 Å². The van der Waals surface area contributed by atoms with Crippen LogP contribution in [0.5, 0.6) is 0 Å². The first-order valence-electron chi connectivity index (χ1n) is 6.96. The molecule has 0 aliphatic carbocycles. The highest BCUT2D eigenvalue weighted by Crippen LogP contribution is 2.09. The molecular formula is C14H24N4O3S. The molecule has 1 rings (SSSR count). The molecule has 0 spiro atoms. The van der Waals surface area contributed by atoms with Gasteiger partial charge in [0.15, 0.2) is 5.82 Å². The van der Waals surface area contributed by atoms with Crippen molar-refractivity contribution in [2.24, 2.45) is 0 Å². The summed E-state index contributed by atoms with van der Waals surface area (Å²) in [7, 11) is 3.94. The number of nitrogens with zero attached hydrogens (tertiary/aromatic N) is 2. The van der Waals surface area contributed by atoms with Crippen molar-refractivity contribution in [2.75, 3.05) is 37.5 Å². The van der Waals surface area contributed by atoms with E-state index < -0.39 is 0 Å². The van der Waals surface area contributed by atoms with Gasteiger partial charge in [0.1, 0.15) is 5.76 Å². The van der Waals surface area contributed by atoms with E-state index in [0.29, 0.717) is 18.1 Å². The SMILES string of the molecule is Cc1cc(NC(=O)CSCC(=O)NCC(C)(C)N(C)C)no1. The van der Waals surface area contributed by atoms with Crippen LogP contribution in [-0.4, -0.2) is 59.6 Å². The average Bonchev–Trinajstić information content (AvgIpc) is 2.81. The minimum Gasteiger partial charge on any atom is -0.360 e. The molecule has 0 aromatic carbocycles. The number of likely N-dealkylation sites (N-methyl/N-ethyl adjacent to an activating group) is 1. The van der Waals surface area contributed by atoms with Gasteiger partial charge >= 0.3 is 0 Å². The van der Waals surface area contributed by atoms with E-state index in [2.05, 4.69) is 15.8 Å². The Kier molecular flexibility index (Phi) is 6.89. The Bertz CT molecular complexity index is 514. The predicted molar refractivity (Wildman–Crippen MR) is 88.0 cm³/mol. The van der Waals surface area contributed by atoms with Crippen LogP contribution in [0.1, 0.15) is 19.6 Å². The van der Waals surface area contributed by atoms with Gasteiger partial charge in [-0.1, -0.05) is 5.16 Å². The summed E-state index contributed by atoms with van der Waals surface area (Å²) in [6, 6.07) is 1.64. The summed E-state index contributed by atoms with van der Waals surface area (Å²) in [5.74, 6) is 1.17. The summed E-state index contributed by atoms with van der Waals surface area (Å²) in [4.78, 5) is 25.5. The number of hydrogen-bond acceptors (Lipinski definition) is 6. The number of hydrogen-bond donors (Lipinski definition) is 2. The molecule has 2 N–H and O–H groups in total. The van der Waals surface area contributed by atoms with Crippen LogP contribution in [0.15, 0.2) is 10.6 Å². The first kappa shape index (κ1) is 18.5. The Morgan fingerprint density at radius 3 is 2.50 bits per heavy atom. The van der Waals surface area contributed by atoms with Gasteiger partial charge in [-0.3, -0.25) is 9.59 Å². The van der Waals surface area contributed by atoms with Crippen molar-refractivity contribution in [3.05, 3.63) is 11.8 Å². The molecule has 124 valence electrons. The summed E-state index contributed by atoms with van der Waals surface area (Å²) in [5.41, 5.74) is -0.109. The fraction of sp³-hybridized carbons (Fsp3) is 0.643. The van der Waals surface area contributed by atoms with E-state index in [0.717, 1.165) is 0 Å². The Morgan fingerprint density at radius 2 is 1.95 bits per heavy atom. The minimum atomic E-state index is -0.209. The number of carbonyl (C=O) groups excluding carboxylic acids is 2. The highest BCUT2D eigenvalue weighted by molar-refractivity contribution is 8.00. The second-order valence-corrected chi connectivity index (χ2v) is 6.83.